The fourth-order valence-electron chi connectivity index (χ4n) is 0.513. The molecule has 0 aliphatic rings. The Morgan fingerprint density at radius 1 is 1.56 bits per heavy atom. The average Bonchev–Trinajstić information content (AvgIpc) is 1.82. The Kier molecular flexibility index (Phi) is 5.31. The first-order valence-corrected chi connectivity index (χ1v) is 4.01. The Bertz CT molecular complexity index is 86.9. The Morgan fingerprint density at radius 2 is 2.11 bits per heavy atom. The summed E-state index contributed by atoms with van der Waals surface area (Å²) >= 11 is 11.1. The van der Waals surface area contributed by atoms with Crippen LogP contribution in [0.1, 0.15) is 26.2 Å². The van der Waals surface area contributed by atoms with Gasteiger partial charge in [0, 0.05) is 0 Å². The molecule has 0 spiro atoms. The second kappa shape index (κ2) is 5.13. The van der Waals surface area contributed by atoms with E-state index in [0.717, 1.165) is 18.4 Å². The van der Waals surface area contributed by atoms with E-state index in [0.29, 0.717) is 0 Å². The third-order valence-electron chi connectivity index (χ3n) is 1.16. The first-order valence-electron chi connectivity index (χ1n) is 3.14. The summed E-state index contributed by atoms with van der Waals surface area (Å²) in [7, 11) is 0. The summed E-state index contributed by atoms with van der Waals surface area (Å²) in [5.41, 5.74) is 0.931. The minimum atomic E-state index is -0.378. The first-order chi connectivity index (χ1) is 4.18. The van der Waals surface area contributed by atoms with E-state index in [2.05, 4.69) is 13.5 Å². The van der Waals surface area contributed by atoms with E-state index >= 15 is 0 Å². The number of hydrogen-bond acceptors (Lipinski definition) is 0. The molecule has 0 unspecified atom stereocenters. The quantitative estimate of drug-likeness (QED) is 0.443. The van der Waals surface area contributed by atoms with Gasteiger partial charge in [0.15, 0.2) is 0 Å². The van der Waals surface area contributed by atoms with Crippen LogP contribution < -0.4 is 0 Å². The molecule has 0 heterocycles. The van der Waals surface area contributed by atoms with Crippen molar-refractivity contribution in [3.63, 3.8) is 0 Å². The molecule has 0 N–H and O–H groups in total. The van der Waals surface area contributed by atoms with Gasteiger partial charge in [-0.2, -0.15) is 0 Å². The van der Waals surface area contributed by atoms with Gasteiger partial charge in [0.05, 0.1) is 0 Å². The van der Waals surface area contributed by atoms with E-state index in [1.54, 1.807) is 0 Å². The second-order valence-corrected chi connectivity index (χ2v) is 3.16. The van der Waals surface area contributed by atoms with Crippen molar-refractivity contribution in [2.45, 2.75) is 31.0 Å². The third kappa shape index (κ3) is 4.80. The molecule has 0 radical (unpaired) electrons. The molecule has 0 aromatic heterocycles. The van der Waals surface area contributed by atoms with Crippen molar-refractivity contribution in [1.82, 2.24) is 0 Å². The van der Waals surface area contributed by atoms with Crippen LogP contribution in [0.5, 0.6) is 0 Å². The number of alkyl halides is 2. The van der Waals surface area contributed by atoms with Crippen LogP contribution in [0.25, 0.3) is 0 Å². The van der Waals surface area contributed by atoms with Crippen molar-refractivity contribution in [2.24, 2.45) is 0 Å². The zero-order chi connectivity index (χ0) is 7.28. The van der Waals surface area contributed by atoms with Gasteiger partial charge in [0.1, 0.15) is 4.84 Å². The van der Waals surface area contributed by atoms with Crippen LogP contribution >= 0.6 is 23.2 Å². The number of hydrogen-bond donors (Lipinski definition) is 0. The van der Waals surface area contributed by atoms with E-state index in [4.69, 9.17) is 23.2 Å². The molecular weight excluding hydrogens is 155 g/mol. The first kappa shape index (κ1) is 9.32. The number of halogens is 2. The lowest BCUT2D eigenvalue weighted by molar-refractivity contribution is 0.785. The van der Waals surface area contributed by atoms with Gasteiger partial charge in [-0.3, -0.25) is 0 Å². The number of rotatable bonds is 4. The van der Waals surface area contributed by atoms with E-state index in [1.165, 1.54) is 6.42 Å². The molecule has 0 fully saturated rings. The highest BCUT2D eigenvalue weighted by Gasteiger charge is 2.01. The lowest BCUT2D eigenvalue weighted by atomic mass is 10.1. The minimum Gasteiger partial charge on any atom is -0.100 e. The number of unbranched alkanes of at least 4 members (excludes halogenated alkanes) is 1. The molecule has 0 atom stereocenters. The molecule has 0 saturated heterocycles. The van der Waals surface area contributed by atoms with Crippen LogP contribution in [0.2, 0.25) is 0 Å². The maximum atomic E-state index is 5.53. The summed E-state index contributed by atoms with van der Waals surface area (Å²) in [5, 5.41) is 0. The lowest BCUT2D eigenvalue weighted by Gasteiger charge is -2.02. The van der Waals surface area contributed by atoms with Gasteiger partial charge in [-0.15, -0.1) is 23.2 Å². The van der Waals surface area contributed by atoms with E-state index in [9.17, 15) is 0 Å². The molecule has 9 heavy (non-hydrogen) atoms. The van der Waals surface area contributed by atoms with Crippen molar-refractivity contribution in [3.8, 4) is 0 Å². The molecule has 0 aliphatic carbocycles. The normalized spacial score (nSPS) is 10.2. The molecule has 0 aliphatic heterocycles. The monoisotopic (exact) mass is 166 g/mol. The predicted molar refractivity (Wildman–Crippen MR) is 44.2 cm³/mol. The van der Waals surface area contributed by atoms with Crippen LogP contribution in [0.4, 0.5) is 0 Å². The number of allylic oxidation sites excluding steroid dienone is 1. The summed E-state index contributed by atoms with van der Waals surface area (Å²) in [6, 6.07) is 0. The largest absolute Gasteiger partial charge is 0.128 e. The minimum absolute atomic E-state index is 0.378. The van der Waals surface area contributed by atoms with E-state index < -0.39 is 0 Å². The molecule has 0 aromatic rings. The maximum Gasteiger partial charge on any atom is 0.128 e. The molecular formula is C7H12Cl2. The highest BCUT2D eigenvalue weighted by Crippen LogP contribution is 2.17. The third-order valence-corrected chi connectivity index (χ3v) is 1.78. The van der Waals surface area contributed by atoms with Crippen LogP contribution in [-0.4, -0.2) is 4.84 Å². The van der Waals surface area contributed by atoms with E-state index in [1.807, 2.05) is 0 Å². The smallest absolute Gasteiger partial charge is 0.100 e. The zero-order valence-corrected chi connectivity index (χ0v) is 7.17. The summed E-state index contributed by atoms with van der Waals surface area (Å²) in [6.07, 6.45) is 3.25. The van der Waals surface area contributed by atoms with Crippen molar-refractivity contribution in [1.29, 1.82) is 0 Å². The van der Waals surface area contributed by atoms with Gasteiger partial charge in [0.25, 0.3) is 0 Å². The van der Waals surface area contributed by atoms with Crippen molar-refractivity contribution < 1.29 is 0 Å². The molecule has 0 nitrogen and oxygen atoms in total. The Balaban J connectivity index is 3.28. The van der Waals surface area contributed by atoms with Gasteiger partial charge in [-0.05, 0) is 18.4 Å². The SMILES string of the molecule is C=C(CCCC)C(Cl)Cl. The fraction of sp³-hybridized carbons (Fsp3) is 0.714. The average molecular weight is 167 g/mol. The molecule has 0 saturated carbocycles. The van der Waals surface area contributed by atoms with Gasteiger partial charge in [0.2, 0.25) is 0 Å². The van der Waals surface area contributed by atoms with Crippen LogP contribution in [-0.2, 0) is 0 Å². The van der Waals surface area contributed by atoms with E-state index in [-0.39, 0.29) is 4.84 Å². The predicted octanol–water partition coefficient (Wildman–Crippen LogP) is 3.54. The van der Waals surface area contributed by atoms with Gasteiger partial charge in [-0.25, -0.2) is 0 Å². The second-order valence-electron chi connectivity index (χ2n) is 2.06. The molecule has 0 bridgehead atoms. The highest BCUT2D eigenvalue weighted by atomic mass is 35.5. The Morgan fingerprint density at radius 3 is 2.44 bits per heavy atom. The Labute approximate surface area is 66.8 Å². The Hall–Kier alpha value is 0.320. The summed E-state index contributed by atoms with van der Waals surface area (Å²) in [5.74, 6) is 0. The summed E-state index contributed by atoms with van der Waals surface area (Å²) in [6.45, 7) is 5.86. The lowest BCUT2D eigenvalue weighted by Crippen LogP contribution is -1.91. The van der Waals surface area contributed by atoms with Crippen molar-refractivity contribution in [3.05, 3.63) is 12.2 Å². The van der Waals surface area contributed by atoms with Gasteiger partial charge < -0.3 is 0 Å². The van der Waals surface area contributed by atoms with Crippen LogP contribution in [0, 0.1) is 0 Å². The maximum absolute atomic E-state index is 5.53. The topological polar surface area (TPSA) is 0 Å². The molecule has 0 rings (SSSR count). The fourth-order valence-corrected chi connectivity index (χ4v) is 0.731. The zero-order valence-electron chi connectivity index (χ0n) is 5.66. The van der Waals surface area contributed by atoms with Gasteiger partial charge in [-0.1, -0.05) is 19.9 Å². The van der Waals surface area contributed by atoms with Crippen molar-refractivity contribution in [2.75, 3.05) is 0 Å². The van der Waals surface area contributed by atoms with Crippen LogP contribution in [0.15, 0.2) is 12.2 Å². The molecule has 0 aromatic carbocycles. The summed E-state index contributed by atoms with van der Waals surface area (Å²) in [4.78, 5) is -0.378. The molecule has 2 heteroatoms. The standard InChI is InChI=1S/C7H12Cl2/c1-3-4-5-6(2)7(8)9/h7H,2-5H2,1H3. The van der Waals surface area contributed by atoms with Gasteiger partial charge >= 0.3 is 0 Å². The van der Waals surface area contributed by atoms with Crippen LogP contribution in [0.3, 0.4) is 0 Å². The molecule has 54 valence electrons. The highest BCUT2D eigenvalue weighted by molar-refractivity contribution is 6.46. The van der Waals surface area contributed by atoms with Crippen molar-refractivity contribution >= 4 is 23.2 Å². The molecule has 0 amide bonds. The summed E-state index contributed by atoms with van der Waals surface area (Å²) < 4.78 is 0.